The van der Waals surface area contributed by atoms with Crippen LogP contribution >= 0.6 is 0 Å². The summed E-state index contributed by atoms with van der Waals surface area (Å²) in [5.74, 6) is -1.13. The van der Waals surface area contributed by atoms with Crippen molar-refractivity contribution in [1.29, 1.82) is 0 Å². The lowest BCUT2D eigenvalue weighted by molar-refractivity contribution is -0.138. The number of benzene rings is 2. The lowest BCUT2D eigenvalue weighted by Crippen LogP contribution is -2.15. The van der Waals surface area contributed by atoms with Crippen molar-refractivity contribution in [3.8, 4) is 0 Å². The third-order valence-electron chi connectivity index (χ3n) is 4.65. The molecule has 0 spiro atoms. The number of carbonyl (C=O) groups is 1. The molecule has 1 amide bonds. The van der Waals surface area contributed by atoms with Gasteiger partial charge in [-0.15, -0.1) is 0 Å². The molecule has 1 saturated carbocycles. The zero-order valence-corrected chi connectivity index (χ0v) is 13.6. The molecule has 1 aliphatic rings. The highest BCUT2D eigenvalue weighted by atomic mass is 19.4. The van der Waals surface area contributed by atoms with E-state index in [1.165, 1.54) is 12.1 Å². The van der Waals surface area contributed by atoms with Crippen LogP contribution in [0.2, 0.25) is 0 Å². The maximum atomic E-state index is 13.2. The predicted octanol–water partition coefficient (Wildman–Crippen LogP) is 5.00. The van der Waals surface area contributed by atoms with Crippen LogP contribution < -0.4 is 5.32 Å². The quantitative estimate of drug-likeness (QED) is 0.718. The van der Waals surface area contributed by atoms with Crippen LogP contribution in [0, 0.1) is 5.92 Å². The first-order chi connectivity index (χ1) is 12.4. The minimum absolute atomic E-state index is 0.191. The summed E-state index contributed by atoms with van der Waals surface area (Å²) < 4.78 is 39.5. The van der Waals surface area contributed by atoms with Gasteiger partial charge in [0.25, 0.3) is 0 Å². The Morgan fingerprint density at radius 2 is 1.81 bits per heavy atom. The molecule has 1 N–H and O–H groups in total. The van der Waals surface area contributed by atoms with Gasteiger partial charge >= 0.3 is 6.18 Å². The molecule has 1 heterocycles. The van der Waals surface area contributed by atoms with Gasteiger partial charge in [0.05, 0.1) is 23.0 Å². The summed E-state index contributed by atoms with van der Waals surface area (Å²) in [5, 5.41) is 3.66. The van der Waals surface area contributed by atoms with E-state index in [0.29, 0.717) is 12.1 Å². The minimum Gasteiger partial charge on any atom is -0.324 e. The number of para-hydroxylation sites is 1. The van der Waals surface area contributed by atoms with E-state index in [1.54, 1.807) is 18.3 Å². The van der Waals surface area contributed by atoms with Crippen LogP contribution in [0.1, 0.15) is 23.5 Å². The molecule has 1 fully saturated rings. The van der Waals surface area contributed by atoms with Crippen molar-refractivity contribution in [3.05, 3.63) is 71.9 Å². The van der Waals surface area contributed by atoms with Crippen LogP contribution in [0.15, 0.2) is 60.8 Å². The standard InChI is InChI=1S/C20H15F3N2O/c21-20(22,23)17-7-3-2-6-14(17)15-10-16(15)19(26)25-13-9-12-5-1-4-8-18(12)24-11-13/h1-9,11,15-16H,10H2,(H,25,26). The number of hydrogen-bond donors (Lipinski definition) is 1. The van der Waals surface area contributed by atoms with Gasteiger partial charge in [0.15, 0.2) is 0 Å². The molecule has 2 atom stereocenters. The fourth-order valence-electron chi connectivity index (χ4n) is 3.28. The number of anilines is 1. The molecule has 132 valence electrons. The van der Waals surface area contributed by atoms with E-state index in [-0.39, 0.29) is 11.5 Å². The van der Waals surface area contributed by atoms with Crippen molar-refractivity contribution in [3.63, 3.8) is 0 Å². The first-order valence-corrected chi connectivity index (χ1v) is 8.25. The van der Waals surface area contributed by atoms with Gasteiger partial charge in [0, 0.05) is 11.3 Å². The molecule has 0 saturated heterocycles. The van der Waals surface area contributed by atoms with Crippen LogP contribution in [0.25, 0.3) is 10.9 Å². The number of amides is 1. The number of halogens is 3. The Kier molecular flexibility index (Phi) is 3.90. The van der Waals surface area contributed by atoms with Crippen molar-refractivity contribution in [2.24, 2.45) is 5.92 Å². The van der Waals surface area contributed by atoms with E-state index in [9.17, 15) is 18.0 Å². The Morgan fingerprint density at radius 1 is 1.08 bits per heavy atom. The van der Waals surface area contributed by atoms with Crippen molar-refractivity contribution in [1.82, 2.24) is 4.98 Å². The molecule has 2 aromatic carbocycles. The molecular weight excluding hydrogens is 341 g/mol. The average Bonchev–Trinajstić information content (AvgIpc) is 3.42. The van der Waals surface area contributed by atoms with Crippen molar-refractivity contribution >= 4 is 22.5 Å². The Hall–Kier alpha value is -2.89. The summed E-state index contributed by atoms with van der Waals surface area (Å²) >= 11 is 0. The molecular formula is C20H15F3N2O. The Morgan fingerprint density at radius 3 is 2.62 bits per heavy atom. The summed E-state index contributed by atoms with van der Waals surface area (Å²) in [7, 11) is 0. The van der Waals surface area contributed by atoms with Gasteiger partial charge in [0.1, 0.15) is 0 Å². The van der Waals surface area contributed by atoms with Gasteiger partial charge < -0.3 is 5.32 Å². The predicted molar refractivity (Wildman–Crippen MR) is 92.7 cm³/mol. The van der Waals surface area contributed by atoms with Crippen LogP contribution in [-0.2, 0) is 11.0 Å². The number of nitrogens with zero attached hydrogens (tertiary/aromatic N) is 1. The van der Waals surface area contributed by atoms with Gasteiger partial charge in [0.2, 0.25) is 5.91 Å². The molecule has 0 bridgehead atoms. The number of rotatable bonds is 3. The van der Waals surface area contributed by atoms with Crippen LogP contribution in [0.5, 0.6) is 0 Å². The Labute approximate surface area is 147 Å². The van der Waals surface area contributed by atoms with Crippen molar-refractivity contribution in [2.45, 2.75) is 18.5 Å². The topological polar surface area (TPSA) is 42.0 Å². The zero-order valence-electron chi connectivity index (χ0n) is 13.6. The summed E-state index contributed by atoms with van der Waals surface area (Å²) in [6, 6.07) is 14.8. The third-order valence-corrected chi connectivity index (χ3v) is 4.65. The van der Waals surface area contributed by atoms with E-state index in [2.05, 4.69) is 10.3 Å². The van der Waals surface area contributed by atoms with Crippen LogP contribution in [0.3, 0.4) is 0 Å². The smallest absolute Gasteiger partial charge is 0.324 e. The number of fused-ring (bicyclic) bond motifs is 1. The van der Waals surface area contributed by atoms with E-state index < -0.39 is 23.6 Å². The fraction of sp³-hybridized carbons (Fsp3) is 0.200. The highest BCUT2D eigenvalue weighted by Crippen LogP contribution is 2.51. The third kappa shape index (κ3) is 3.14. The van der Waals surface area contributed by atoms with E-state index in [0.717, 1.165) is 17.0 Å². The number of alkyl halides is 3. The molecule has 0 radical (unpaired) electrons. The van der Waals surface area contributed by atoms with Crippen LogP contribution in [-0.4, -0.2) is 10.9 Å². The average molecular weight is 356 g/mol. The number of aromatic nitrogens is 1. The number of pyridine rings is 1. The lowest BCUT2D eigenvalue weighted by Gasteiger charge is -2.12. The van der Waals surface area contributed by atoms with E-state index in [1.807, 2.05) is 24.3 Å². The number of nitrogens with one attached hydrogen (secondary N) is 1. The number of carbonyl (C=O) groups excluding carboxylic acids is 1. The van der Waals surface area contributed by atoms with Gasteiger partial charge in [-0.25, -0.2) is 0 Å². The molecule has 26 heavy (non-hydrogen) atoms. The largest absolute Gasteiger partial charge is 0.416 e. The fourth-order valence-corrected chi connectivity index (χ4v) is 3.28. The van der Waals surface area contributed by atoms with E-state index in [4.69, 9.17) is 0 Å². The number of hydrogen-bond acceptors (Lipinski definition) is 2. The van der Waals surface area contributed by atoms with Gasteiger partial charge in [-0.3, -0.25) is 9.78 Å². The lowest BCUT2D eigenvalue weighted by atomic mass is 10.0. The zero-order chi connectivity index (χ0) is 18.3. The van der Waals surface area contributed by atoms with Crippen molar-refractivity contribution in [2.75, 3.05) is 5.32 Å². The maximum absolute atomic E-state index is 13.2. The normalized spacial score (nSPS) is 19.3. The Bertz CT molecular complexity index is 984. The van der Waals surface area contributed by atoms with Gasteiger partial charge in [-0.2, -0.15) is 13.2 Å². The SMILES string of the molecule is O=C(Nc1cnc2ccccc2c1)C1CC1c1ccccc1C(F)(F)F. The summed E-state index contributed by atoms with van der Waals surface area (Å²) in [6.45, 7) is 0. The molecule has 3 aromatic rings. The maximum Gasteiger partial charge on any atom is 0.416 e. The highest BCUT2D eigenvalue weighted by molar-refractivity contribution is 5.96. The van der Waals surface area contributed by atoms with Gasteiger partial charge in [-0.05, 0) is 36.1 Å². The highest BCUT2D eigenvalue weighted by Gasteiger charge is 2.47. The second-order valence-corrected chi connectivity index (χ2v) is 6.44. The first kappa shape index (κ1) is 16.6. The van der Waals surface area contributed by atoms with E-state index >= 15 is 0 Å². The van der Waals surface area contributed by atoms with Crippen molar-refractivity contribution < 1.29 is 18.0 Å². The molecule has 4 rings (SSSR count). The first-order valence-electron chi connectivity index (χ1n) is 8.25. The summed E-state index contributed by atoms with van der Waals surface area (Å²) in [4.78, 5) is 16.7. The minimum atomic E-state index is -4.41. The molecule has 6 heteroatoms. The molecule has 0 aliphatic heterocycles. The van der Waals surface area contributed by atoms with Gasteiger partial charge in [-0.1, -0.05) is 36.4 Å². The second kappa shape index (κ2) is 6.12. The summed E-state index contributed by atoms with van der Waals surface area (Å²) in [5.41, 5.74) is 0.891. The molecule has 1 aliphatic carbocycles. The van der Waals surface area contributed by atoms with Crippen LogP contribution in [0.4, 0.5) is 18.9 Å². The summed E-state index contributed by atoms with van der Waals surface area (Å²) in [6.07, 6.45) is -2.44. The monoisotopic (exact) mass is 356 g/mol. The molecule has 3 nitrogen and oxygen atoms in total. The Balaban J connectivity index is 1.51. The molecule has 1 aromatic heterocycles. The second-order valence-electron chi connectivity index (χ2n) is 6.44. The molecule has 2 unspecified atom stereocenters.